The molecule has 1 amide bonds. The lowest BCUT2D eigenvalue weighted by molar-refractivity contribution is -0.124. The highest BCUT2D eigenvalue weighted by Crippen LogP contribution is 2.52. The first-order chi connectivity index (χ1) is 16.8. The number of carbonyl (C=O) groups is 1. The number of carbonyl (C=O) groups excluding carboxylic acids is 1. The molecule has 1 saturated heterocycles. The van der Waals surface area contributed by atoms with Gasteiger partial charge in [-0.05, 0) is 53.1 Å². The van der Waals surface area contributed by atoms with Gasteiger partial charge in [-0.1, -0.05) is 67.9 Å². The van der Waals surface area contributed by atoms with Crippen molar-refractivity contribution in [1.82, 2.24) is 5.32 Å². The largest absolute Gasteiger partial charge is 0.493 e. The lowest BCUT2D eigenvalue weighted by atomic mass is 9.74. The summed E-state index contributed by atoms with van der Waals surface area (Å²) in [4.78, 5) is 14.9. The maximum atomic E-state index is 12.6. The molecule has 0 unspecified atom stereocenters. The number of hydrogen-bond donors (Lipinski definition) is 1. The highest BCUT2D eigenvalue weighted by Gasteiger charge is 2.57. The maximum Gasteiger partial charge on any atom is 0.223 e. The Hall–Kier alpha value is -3.44. The monoisotopic (exact) mass is 488 g/mol. The number of amides is 1. The smallest absolute Gasteiger partial charge is 0.223 e. The van der Waals surface area contributed by atoms with E-state index < -0.39 is 5.66 Å². The molecule has 2 heterocycles. The third kappa shape index (κ3) is 4.04. The average molecular weight is 489 g/mol. The van der Waals surface area contributed by atoms with E-state index in [1.807, 2.05) is 42.5 Å². The van der Waals surface area contributed by atoms with Gasteiger partial charge >= 0.3 is 0 Å². The summed E-state index contributed by atoms with van der Waals surface area (Å²) in [5, 5.41) is 4.01. The van der Waals surface area contributed by atoms with E-state index in [1.165, 1.54) is 11.3 Å². The fourth-order valence-corrected chi connectivity index (χ4v) is 5.31. The van der Waals surface area contributed by atoms with Crippen molar-refractivity contribution in [2.45, 2.75) is 38.0 Å². The van der Waals surface area contributed by atoms with Crippen LogP contribution >= 0.6 is 11.6 Å². The SMILES string of the molecule is COc1cc(/C=C/[C@@]23NC(=O)CCN2c2ccccc2C3(C)C)ccc1OCc1ccc(Cl)cc1. The van der Waals surface area contributed by atoms with Crippen LogP contribution in [0.15, 0.2) is 72.8 Å². The van der Waals surface area contributed by atoms with Gasteiger partial charge in [0.1, 0.15) is 12.3 Å². The number of fused-ring (bicyclic) bond motifs is 3. The van der Waals surface area contributed by atoms with Crippen LogP contribution in [-0.2, 0) is 16.8 Å². The van der Waals surface area contributed by atoms with Gasteiger partial charge < -0.3 is 19.7 Å². The van der Waals surface area contributed by atoms with E-state index in [4.69, 9.17) is 21.1 Å². The highest BCUT2D eigenvalue weighted by molar-refractivity contribution is 6.30. The Morgan fingerprint density at radius 2 is 1.83 bits per heavy atom. The second kappa shape index (κ2) is 8.97. The number of rotatable bonds is 6. The molecule has 0 radical (unpaired) electrons. The molecule has 5 nitrogen and oxygen atoms in total. The minimum absolute atomic E-state index is 0.0651. The topological polar surface area (TPSA) is 50.8 Å². The molecule has 35 heavy (non-hydrogen) atoms. The number of nitrogens with one attached hydrogen (secondary N) is 1. The minimum atomic E-state index is -0.650. The van der Waals surface area contributed by atoms with Crippen LogP contribution in [0.3, 0.4) is 0 Å². The number of ether oxygens (including phenoxy) is 2. The Bertz CT molecular complexity index is 1290. The third-order valence-corrected chi connectivity index (χ3v) is 7.40. The molecule has 1 N–H and O–H groups in total. The zero-order valence-corrected chi connectivity index (χ0v) is 20.9. The van der Waals surface area contributed by atoms with E-state index in [1.54, 1.807) is 7.11 Å². The van der Waals surface area contributed by atoms with Gasteiger partial charge in [-0.2, -0.15) is 0 Å². The lowest BCUT2D eigenvalue weighted by Gasteiger charge is -2.49. The zero-order valence-electron chi connectivity index (χ0n) is 20.2. The van der Waals surface area contributed by atoms with Crippen LogP contribution in [0.2, 0.25) is 5.02 Å². The van der Waals surface area contributed by atoms with E-state index in [9.17, 15) is 4.79 Å². The molecule has 1 atom stereocenters. The third-order valence-electron chi connectivity index (χ3n) is 7.15. The zero-order chi connectivity index (χ0) is 24.6. The molecule has 6 heteroatoms. The number of hydrogen-bond acceptors (Lipinski definition) is 4. The Morgan fingerprint density at radius 1 is 1.06 bits per heavy atom. The van der Waals surface area contributed by atoms with Gasteiger partial charge in [-0.15, -0.1) is 0 Å². The number of anilines is 1. The number of para-hydroxylation sites is 1. The molecule has 3 aromatic rings. The van der Waals surface area contributed by atoms with Gasteiger partial charge in [0, 0.05) is 29.1 Å². The lowest BCUT2D eigenvalue weighted by Crippen LogP contribution is -2.68. The molecular weight excluding hydrogens is 460 g/mol. The quantitative estimate of drug-likeness (QED) is 0.465. The van der Waals surface area contributed by atoms with Gasteiger partial charge in [-0.25, -0.2) is 0 Å². The van der Waals surface area contributed by atoms with E-state index in [0.717, 1.165) is 11.1 Å². The molecule has 0 aliphatic carbocycles. The molecule has 5 rings (SSSR count). The predicted molar refractivity (Wildman–Crippen MR) is 140 cm³/mol. The number of benzene rings is 3. The van der Waals surface area contributed by atoms with Crippen LogP contribution in [-0.4, -0.2) is 25.2 Å². The van der Waals surface area contributed by atoms with Gasteiger partial charge in [-0.3, -0.25) is 4.79 Å². The Balaban J connectivity index is 1.43. The molecule has 0 aromatic heterocycles. The molecule has 0 saturated carbocycles. The van der Waals surface area contributed by atoms with Crippen molar-refractivity contribution >= 4 is 29.3 Å². The Labute approximate surface area is 211 Å². The summed E-state index contributed by atoms with van der Waals surface area (Å²) >= 11 is 5.97. The van der Waals surface area contributed by atoms with Crippen LogP contribution in [0.4, 0.5) is 5.69 Å². The molecule has 2 aliphatic rings. The highest BCUT2D eigenvalue weighted by atomic mass is 35.5. The molecule has 0 spiro atoms. The van der Waals surface area contributed by atoms with E-state index >= 15 is 0 Å². The fraction of sp³-hybridized carbons (Fsp3) is 0.276. The second-order valence-electron chi connectivity index (χ2n) is 9.52. The van der Waals surface area contributed by atoms with Gasteiger partial charge in [0.05, 0.1) is 7.11 Å². The summed E-state index contributed by atoms with van der Waals surface area (Å²) in [7, 11) is 1.64. The summed E-state index contributed by atoms with van der Waals surface area (Å²) < 4.78 is 11.6. The van der Waals surface area contributed by atoms with Crippen LogP contribution in [0.25, 0.3) is 6.08 Å². The summed E-state index contributed by atoms with van der Waals surface area (Å²) in [5.41, 5.74) is 3.42. The summed E-state index contributed by atoms with van der Waals surface area (Å²) in [6.45, 7) is 5.47. The Morgan fingerprint density at radius 3 is 2.60 bits per heavy atom. The van der Waals surface area contributed by atoms with Crippen molar-refractivity contribution in [2.75, 3.05) is 18.6 Å². The molecule has 3 aromatic carbocycles. The average Bonchev–Trinajstić information content (AvgIpc) is 3.06. The van der Waals surface area contributed by atoms with Crippen LogP contribution in [0.5, 0.6) is 11.5 Å². The summed E-state index contributed by atoms with van der Waals surface area (Å²) in [6.07, 6.45) is 4.65. The number of methoxy groups -OCH3 is 1. The first kappa shape index (κ1) is 23.3. The van der Waals surface area contributed by atoms with Crippen molar-refractivity contribution in [3.05, 3.63) is 94.5 Å². The standard InChI is InChI=1S/C29H29ClN2O3/c1-28(2)23-6-4-5-7-24(23)32-17-15-27(33)31-29(28,32)16-14-20-10-13-25(26(18-20)34-3)35-19-21-8-11-22(30)12-9-21/h4-14,16,18H,15,17,19H2,1-3H3,(H,31,33)/b16-14+/t29-/m1/s1. The first-order valence-electron chi connectivity index (χ1n) is 11.8. The van der Waals surface area contributed by atoms with Gasteiger partial charge in [0.2, 0.25) is 5.91 Å². The predicted octanol–water partition coefficient (Wildman–Crippen LogP) is 5.95. The van der Waals surface area contributed by atoms with Crippen LogP contribution in [0, 0.1) is 0 Å². The molecule has 2 aliphatic heterocycles. The fourth-order valence-electron chi connectivity index (χ4n) is 5.18. The molecular formula is C29H29ClN2O3. The number of halogens is 1. The van der Waals surface area contributed by atoms with Gasteiger partial charge in [0.25, 0.3) is 0 Å². The summed E-state index contributed by atoms with van der Waals surface area (Å²) in [5.74, 6) is 1.38. The maximum absolute atomic E-state index is 12.6. The van der Waals surface area contributed by atoms with Crippen molar-refractivity contribution in [3.8, 4) is 11.5 Å². The van der Waals surface area contributed by atoms with Crippen molar-refractivity contribution < 1.29 is 14.3 Å². The Kier molecular flexibility index (Phi) is 5.97. The van der Waals surface area contributed by atoms with E-state index in [-0.39, 0.29) is 11.3 Å². The van der Waals surface area contributed by atoms with Crippen molar-refractivity contribution in [2.24, 2.45) is 0 Å². The first-order valence-corrected chi connectivity index (χ1v) is 12.1. The van der Waals surface area contributed by atoms with Gasteiger partial charge in [0.15, 0.2) is 11.5 Å². The summed E-state index contributed by atoms with van der Waals surface area (Å²) in [6, 6.07) is 21.9. The van der Waals surface area contributed by atoms with Crippen LogP contribution < -0.4 is 19.7 Å². The molecule has 180 valence electrons. The molecule has 1 fully saturated rings. The van der Waals surface area contributed by atoms with E-state index in [2.05, 4.69) is 60.5 Å². The van der Waals surface area contributed by atoms with E-state index in [0.29, 0.717) is 36.1 Å². The minimum Gasteiger partial charge on any atom is -0.493 e. The molecule has 0 bridgehead atoms. The second-order valence-corrected chi connectivity index (χ2v) is 9.95. The van der Waals surface area contributed by atoms with Crippen molar-refractivity contribution in [3.63, 3.8) is 0 Å². The van der Waals surface area contributed by atoms with Crippen molar-refractivity contribution in [1.29, 1.82) is 0 Å². The van der Waals surface area contributed by atoms with Crippen LogP contribution in [0.1, 0.15) is 37.0 Å². The normalized spacial score (nSPS) is 20.3. The number of nitrogens with zero attached hydrogens (tertiary/aromatic N) is 1.